The Morgan fingerprint density at radius 1 is 0.759 bits per heavy atom. The number of aryl methyl sites for hydroxylation is 1. The second kappa shape index (κ2) is 10.1. The highest BCUT2D eigenvalue weighted by molar-refractivity contribution is 5.24. The largest absolute Gasteiger partial charge is 0.103 e. The monoisotopic (exact) mass is 390 g/mol. The van der Waals surface area contributed by atoms with Gasteiger partial charge in [0.05, 0.1) is 0 Å². The SMILES string of the molecule is C=CCCC1C=CC(C2CCC(C3CCC(c4ccc(C)cc4)CC3)CC2)CC1. The number of hydrogen-bond acceptors (Lipinski definition) is 0. The molecule has 0 spiro atoms. The molecule has 1 aromatic rings. The van der Waals surface area contributed by atoms with E-state index in [0.29, 0.717) is 0 Å². The Balaban J connectivity index is 1.20. The summed E-state index contributed by atoms with van der Waals surface area (Å²) < 4.78 is 0. The molecule has 0 amide bonds. The van der Waals surface area contributed by atoms with E-state index in [1.54, 1.807) is 5.56 Å². The fraction of sp³-hybridized carbons (Fsp3) is 0.655. The molecule has 0 nitrogen and oxygen atoms in total. The van der Waals surface area contributed by atoms with Crippen LogP contribution in [0.5, 0.6) is 0 Å². The first kappa shape index (κ1) is 21.0. The molecule has 2 atom stereocenters. The highest BCUT2D eigenvalue weighted by atomic mass is 14.4. The van der Waals surface area contributed by atoms with Crippen molar-refractivity contribution in [2.45, 2.75) is 89.9 Å². The third-order valence-electron chi connectivity index (χ3n) is 8.65. The Morgan fingerprint density at radius 3 is 1.97 bits per heavy atom. The van der Waals surface area contributed by atoms with Crippen molar-refractivity contribution in [3.8, 4) is 0 Å². The number of hydrogen-bond donors (Lipinski definition) is 0. The van der Waals surface area contributed by atoms with Gasteiger partial charge in [-0.25, -0.2) is 0 Å². The molecular formula is C29H42. The summed E-state index contributed by atoms with van der Waals surface area (Å²) in [5, 5.41) is 0. The molecule has 1 aromatic carbocycles. The topological polar surface area (TPSA) is 0 Å². The Labute approximate surface area is 179 Å². The molecule has 3 aliphatic carbocycles. The van der Waals surface area contributed by atoms with Crippen LogP contribution in [0, 0.1) is 36.5 Å². The summed E-state index contributed by atoms with van der Waals surface area (Å²) in [5.41, 5.74) is 2.98. The van der Waals surface area contributed by atoms with Crippen molar-refractivity contribution in [1.82, 2.24) is 0 Å². The molecular weight excluding hydrogens is 348 g/mol. The van der Waals surface area contributed by atoms with Crippen LogP contribution in [0.15, 0.2) is 49.1 Å². The van der Waals surface area contributed by atoms with E-state index in [9.17, 15) is 0 Å². The van der Waals surface area contributed by atoms with Gasteiger partial charge in [-0.05, 0) is 125 Å². The number of benzene rings is 1. The summed E-state index contributed by atoms with van der Waals surface area (Å²) in [6.07, 6.45) is 24.4. The molecule has 29 heavy (non-hydrogen) atoms. The second-order valence-electron chi connectivity index (χ2n) is 10.4. The van der Waals surface area contributed by atoms with Gasteiger partial charge in [0.15, 0.2) is 0 Å². The van der Waals surface area contributed by atoms with Gasteiger partial charge in [0.25, 0.3) is 0 Å². The van der Waals surface area contributed by atoms with E-state index in [1.807, 2.05) is 0 Å². The Bertz CT molecular complexity index is 650. The summed E-state index contributed by atoms with van der Waals surface area (Å²) in [7, 11) is 0. The Hall–Kier alpha value is -1.30. The van der Waals surface area contributed by atoms with Crippen LogP contribution in [0.1, 0.15) is 94.1 Å². The van der Waals surface area contributed by atoms with Crippen LogP contribution in [-0.2, 0) is 0 Å². The van der Waals surface area contributed by atoms with Crippen LogP contribution >= 0.6 is 0 Å². The lowest BCUT2D eigenvalue weighted by molar-refractivity contribution is 0.139. The highest BCUT2D eigenvalue weighted by Crippen LogP contribution is 2.46. The predicted molar refractivity (Wildman–Crippen MR) is 126 cm³/mol. The van der Waals surface area contributed by atoms with Gasteiger partial charge in [-0.1, -0.05) is 48.1 Å². The first-order chi connectivity index (χ1) is 14.2. The molecule has 3 aliphatic rings. The van der Waals surface area contributed by atoms with E-state index in [0.717, 1.165) is 35.5 Å². The van der Waals surface area contributed by atoms with Crippen molar-refractivity contribution in [3.63, 3.8) is 0 Å². The fourth-order valence-corrected chi connectivity index (χ4v) is 6.67. The minimum Gasteiger partial charge on any atom is -0.103 e. The molecule has 4 rings (SSSR count). The molecule has 0 radical (unpaired) electrons. The van der Waals surface area contributed by atoms with Gasteiger partial charge in [0, 0.05) is 0 Å². The molecule has 2 unspecified atom stereocenters. The van der Waals surface area contributed by atoms with E-state index >= 15 is 0 Å². The summed E-state index contributed by atoms with van der Waals surface area (Å²) in [5.74, 6) is 5.55. The van der Waals surface area contributed by atoms with E-state index in [4.69, 9.17) is 0 Å². The average molecular weight is 391 g/mol. The van der Waals surface area contributed by atoms with E-state index in [1.165, 1.54) is 82.6 Å². The van der Waals surface area contributed by atoms with Crippen LogP contribution < -0.4 is 0 Å². The molecule has 158 valence electrons. The molecule has 0 N–H and O–H groups in total. The highest BCUT2D eigenvalue weighted by Gasteiger charge is 2.33. The first-order valence-corrected chi connectivity index (χ1v) is 12.6. The second-order valence-corrected chi connectivity index (χ2v) is 10.4. The average Bonchev–Trinajstić information content (AvgIpc) is 2.79. The lowest BCUT2D eigenvalue weighted by atomic mass is 9.65. The summed E-state index contributed by atoms with van der Waals surface area (Å²) in [6, 6.07) is 9.35. The third-order valence-corrected chi connectivity index (χ3v) is 8.65. The summed E-state index contributed by atoms with van der Waals surface area (Å²) >= 11 is 0. The van der Waals surface area contributed by atoms with Crippen LogP contribution in [0.2, 0.25) is 0 Å². The molecule has 0 aromatic heterocycles. The maximum absolute atomic E-state index is 3.88. The van der Waals surface area contributed by atoms with E-state index in [2.05, 4.69) is 56.0 Å². The van der Waals surface area contributed by atoms with Crippen molar-refractivity contribution in [2.24, 2.45) is 29.6 Å². The number of rotatable bonds is 6. The summed E-state index contributed by atoms with van der Waals surface area (Å²) in [6.45, 7) is 6.07. The molecule has 2 fully saturated rings. The lowest BCUT2D eigenvalue weighted by Gasteiger charge is -2.40. The molecule has 0 saturated heterocycles. The standard InChI is InChI=1S/C29H42/c1-3-4-5-23-8-12-25(13-9-23)27-16-20-29(21-17-27)28-18-14-26(15-19-28)24-10-6-22(2)7-11-24/h3,6-8,10-12,23,25-29H,1,4-5,9,13-21H2,2H3. The van der Waals surface area contributed by atoms with Crippen LogP contribution in [0.4, 0.5) is 0 Å². The zero-order chi connectivity index (χ0) is 20.1. The normalized spacial score (nSPS) is 35.3. The number of allylic oxidation sites excluding steroid dienone is 3. The lowest BCUT2D eigenvalue weighted by Crippen LogP contribution is -2.28. The third kappa shape index (κ3) is 5.44. The van der Waals surface area contributed by atoms with Crippen LogP contribution in [0.3, 0.4) is 0 Å². The fourth-order valence-electron chi connectivity index (χ4n) is 6.67. The van der Waals surface area contributed by atoms with Gasteiger partial charge in [-0.3, -0.25) is 0 Å². The maximum atomic E-state index is 3.88. The molecule has 0 heteroatoms. The van der Waals surface area contributed by atoms with Crippen LogP contribution in [0.25, 0.3) is 0 Å². The van der Waals surface area contributed by atoms with Crippen molar-refractivity contribution in [2.75, 3.05) is 0 Å². The van der Waals surface area contributed by atoms with Gasteiger partial charge >= 0.3 is 0 Å². The van der Waals surface area contributed by atoms with E-state index < -0.39 is 0 Å². The molecule has 0 aliphatic heterocycles. The molecule has 0 heterocycles. The Kier molecular flexibility index (Phi) is 7.33. The van der Waals surface area contributed by atoms with Crippen LogP contribution in [-0.4, -0.2) is 0 Å². The first-order valence-electron chi connectivity index (χ1n) is 12.6. The summed E-state index contributed by atoms with van der Waals surface area (Å²) in [4.78, 5) is 0. The van der Waals surface area contributed by atoms with Gasteiger partial charge in [0.1, 0.15) is 0 Å². The smallest absolute Gasteiger partial charge is 0.0162 e. The van der Waals surface area contributed by atoms with Gasteiger partial charge < -0.3 is 0 Å². The quantitative estimate of drug-likeness (QED) is 0.426. The maximum Gasteiger partial charge on any atom is -0.0162 e. The van der Waals surface area contributed by atoms with Crippen molar-refractivity contribution < 1.29 is 0 Å². The minimum atomic E-state index is 0.823. The van der Waals surface area contributed by atoms with E-state index in [-0.39, 0.29) is 0 Å². The predicted octanol–water partition coefficient (Wildman–Crippen LogP) is 8.62. The van der Waals surface area contributed by atoms with Crippen molar-refractivity contribution in [3.05, 3.63) is 60.2 Å². The zero-order valence-electron chi connectivity index (χ0n) is 18.7. The van der Waals surface area contributed by atoms with Gasteiger partial charge in [-0.2, -0.15) is 0 Å². The van der Waals surface area contributed by atoms with Gasteiger partial charge in [-0.15, -0.1) is 6.58 Å². The van der Waals surface area contributed by atoms with Crippen molar-refractivity contribution in [1.29, 1.82) is 0 Å². The van der Waals surface area contributed by atoms with Crippen molar-refractivity contribution >= 4 is 0 Å². The zero-order valence-corrected chi connectivity index (χ0v) is 18.7. The molecule has 0 bridgehead atoms. The minimum absolute atomic E-state index is 0.823. The van der Waals surface area contributed by atoms with Gasteiger partial charge in [0.2, 0.25) is 0 Å². The molecule has 2 saturated carbocycles. The Morgan fingerprint density at radius 2 is 1.38 bits per heavy atom.